The number of aromatic carboxylic acids is 1. The average molecular weight is 1370 g/mol. The maximum Gasteiger partial charge on any atom is 0.490 e. The molecule has 4 aliphatic rings. The molecule has 1 aliphatic carbocycles. The molecule has 1 aromatic heterocycles. The molecule has 5 aromatic rings. The number of ketones is 1. The second-order valence-corrected chi connectivity index (χ2v) is 26.3. The molecule has 0 bridgehead atoms. The van der Waals surface area contributed by atoms with Crippen LogP contribution >= 0.6 is 23.5 Å². The van der Waals surface area contributed by atoms with Gasteiger partial charge in [-0.3, -0.25) is 42.8 Å². The zero-order valence-corrected chi connectivity index (χ0v) is 53.8. The Morgan fingerprint density at radius 2 is 1.51 bits per heavy atom. The van der Waals surface area contributed by atoms with Crippen LogP contribution in [-0.4, -0.2) is 137 Å². The van der Waals surface area contributed by atoms with Gasteiger partial charge in [-0.2, -0.15) is 8.62 Å². The maximum absolute atomic E-state index is 13.4. The molecule has 1 fully saturated rings. The summed E-state index contributed by atoms with van der Waals surface area (Å²) in [6, 6.07) is 27.5. The number of benzene rings is 5. The number of rotatable bonds is 26. The number of Topliss-reactive ketones (excluding diaryl/α,β-unsaturated/α-hetero) is 1. The third kappa shape index (κ3) is 18.1. The minimum Gasteiger partial charge on any atom is -0.493 e. The molecule has 5 atom stereocenters. The van der Waals surface area contributed by atoms with Crippen molar-refractivity contribution in [3.05, 3.63) is 157 Å². The van der Waals surface area contributed by atoms with Gasteiger partial charge in [0.25, 0.3) is 11.5 Å². The number of aromatic nitrogens is 2. The lowest BCUT2D eigenvalue weighted by Crippen LogP contribution is -2.34. The van der Waals surface area contributed by atoms with Gasteiger partial charge < -0.3 is 69.5 Å². The molecule has 95 heavy (non-hydrogen) atoms. The van der Waals surface area contributed by atoms with E-state index in [4.69, 9.17) is 28.4 Å². The van der Waals surface area contributed by atoms with Gasteiger partial charge in [-0.25, -0.2) is 27.9 Å². The Hall–Kier alpha value is -9.40. The molecule has 4 amide bonds. The number of amides is 4. The SMILES string of the molecule is CN(C)c1ccc2c(-c3ccc(C(=O)NCCNC(=O)CCCCOc4ccc5c(c4)Oc4ccccc4C5NC(=O)CCC(=O)NCC#Cc4cn(C5CC(=O)C(COP(=O)(O)OP(=O)(O)OP(=O)(O)O)O5)c(=O)[nH]c4=O)cc3C(=O)O)c3ccc(=[N+](C)C)cc-3oc2c1. The molecular formula is C61H64N8O23P3+. The number of fused-ring (bicyclic) bond motifs is 4. The number of hydrogen-bond acceptors (Lipinski definition) is 19. The third-order valence-corrected chi connectivity index (χ3v) is 18.5. The first-order valence-electron chi connectivity index (χ1n) is 29.0. The highest BCUT2D eigenvalue weighted by atomic mass is 31.3. The van der Waals surface area contributed by atoms with Crippen molar-refractivity contribution in [3.8, 4) is 51.5 Å². The number of carboxylic acid groups (broad SMARTS) is 1. The number of carbonyl (C=O) groups excluding carboxylic acids is 5. The summed E-state index contributed by atoms with van der Waals surface area (Å²) in [6.07, 6.45) is -2.06. The summed E-state index contributed by atoms with van der Waals surface area (Å²) in [6.45, 7) is -0.975. The standard InChI is InChI=1S/C61H63N8O23P3/c1-67(2)37-15-19-41-48(29-37)89-49-30-38(68(3)4)16-20-42(49)56(41)40-18-14-35(28-45(40)60(76)77)58(74)64-26-25-63-52(71)13-7-8-27-86-39-17-21-44-50(31-39)88-47-12-6-5-11-43(47)57(44)65-54(73)23-22-53(72)62-24-9-10-36-33-69(61(78)66-59(36)75)55-32-46(70)51(90-55)34-87-94(82,83)92-95(84,85)91-93(79,80)81/h5-6,11-12,14-21,28-31,33,51,55,57H,7-8,13,22-27,32,34H2,1-4H3,(H9-,62,63,64,65,66,71,72,73,74,75,76,77,78,79,80,81,82,83,84,85)/p+1. The fraction of sp³-hybridized carbons (Fsp3) is 0.295. The number of carboxylic acids is 1. The zero-order valence-electron chi connectivity index (χ0n) is 51.1. The number of unbranched alkanes of at least 4 members (excludes halogenated alkanes) is 1. The number of carbonyl (C=O) groups is 6. The van der Waals surface area contributed by atoms with Gasteiger partial charge in [-0.15, -0.1) is 0 Å². The van der Waals surface area contributed by atoms with Crippen molar-refractivity contribution in [1.82, 2.24) is 35.4 Å². The smallest absolute Gasteiger partial charge is 0.490 e. The summed E-state index contributed by atoms with van der Waals surface area (Å²) in [7, 11) is -9.48. The van der Waals surface area contributed by atoms with Crippen LogP contribution in [0.15, 0.2) is 117 Å². The van der Waals surface area contributed by atoms with Gasteiger partial charge in [0.2, 0.25) is 23.1 Å². The minimum atomic E-state index is -5.85. The first-order valence-corrected chi connectivity index (χ1v) is 33.6. The normalized spacial score (nSPS) is 16.2. The molecular weight excluding hydrogens is 1310 g/mol. The first-order chi connectivity index (χ1) is 45.0. The predicted molar refractivity (Wildman–Crippen MR) is 338 cm³/mol. The van der Waals surface area contributed by atoms with E-state index in [2.05, 4.69) is 46.3 Å². The number of phosphoric ester groups is 1. The van der Waals surface area contributed by atoms with Crippen LogP contribution in [0.1, 0.15) is 88.2 Å². The zero-order chi connectivity index (χ0) is 68.5. The lowest BCUT2D eigenvalue weighted by atomic mass is 9.89. The van der Waals surface area contributed by atoms with E-state index >= 15 is 0 Å². The van der Waals surface area contributed by atoms with Crippen molar-refractivity contribution in [2.75, 3.05) is 65.9 Å². The van der Waals surface area contributed by atoms with Gasteiger partial charge in [0, 0.05) is 110 Å². The number of aromatic amines is 1. The molecule has 0 radical (unpaired) electrons. The first kappa shape index (κ1) is 69.9. The molecule has 500 valence electrons. The van der Waals surface area contributed by atoms with Crippen molar-refractivity contribution in [1.29, 1.82) is 0 Å². The largest absolute Gasteiger partial charge is 0.493 e. The molecule has 0 saturated carbocycles. The van der Waals surface area contributed by atoms with Gasteiger partial charge in [-0.05, 0) is 66.9 Å². The lowest BCUT2D eigenvalue weighted by Gasteiger charge is -2.29. The third-order valence-electron chi connectivity index (χ3n) is 14.7. The van der Waals surface area contributed by atoms with Gasteiger partial charge >= 0.3 is 35.1 Å². The Kier molecular flexibility index (Phi) is 22.0. The average Bonchev–Trinajstić information content (AvgIpc) is 0.801. The summed E-state index contributed by atoms with van der Waals surface area (Å²) in [4.78, 5) is 143. The number of phosphoric acid groups is 3. The molecule has 3 aliphatic heterocycles. The number of anilines is 1. The van der Waals surface area contributed by atoms with Gasteiger partial charge in [0.05, 0.1) is 43.9 Å². The van der Waals surface area contributed by atoms with Crippen molar-refractivity contribution in [3.63, 3.8) is 0 Å². The summed E-state index contributed by atoms with van der Waals surface area (Å²) < 4.78 is 73.1. The molecule has 4 heterocycles. The van der Waals surface area contributed by atoms with E-state index in [9.17, 15) is 66.9 Å². The minimum absolute atomic E-state index is 0.0750. The molecule has 5 unspecified atom stereocenters. The van der Waals surface area contributed by atoms with Crippen LogP contribution < -0.4 is 56.8 Å². The Labute approximate surface area is 539 Å². The Morgan fingerprint density at radius 1 is 0.779 bits per heavy atom. The number of ether oxygens (including phenoxy) is 3. The topological polar surface area (TPSA) is 433 Å². The van der Waals surface area contributed by atoms with Crippen molar-refractivity contribution < 1.29 is 98.9 Å². The second-order valence-electron chi connectivity index (χ2n) is 21.9. The number of nitrogens with one attached hydrogen (secondary N) is 5. The van der Waals surface area contributed by atoms with E-state index in [-0.39, 0.29) is 68.1 Å². The fourth-order valence-corrected chi connectivity index (χ4v) is 13.1. The van der Waals surface area contributed by atoms with Crippen molar-refractivity contribution >= 4 is 75.5 Å². The Balaban J connectivity index is 0.704. The number of nitrogens with zero attached hydrogens (tertiary/aromatic N) is 3. The highest BCUT2D eigenvalue weighted by molar-refractivity contribution is 7.66. The monoisotopic (exact) mass is 1370 g/mol. The molecule has 9 rings (SSSR count). The summed E-state index contributed by atoms with van der Waals surface area (Å²) in [5.74, 6) is 3.09. The molecule has 34 heteroatoms. The van der Waals surface area contributed by atoms with E-state index in [1.165, 1.54) is 6.07 Å². The Morgan fingerprint density at radius 3 is 2.25 bits per heavy atom. The van der Waals surface area contributed by atoms with E-state index in [1.807, 2.05) is 79.0 Å². The quantitative estimate of drug-likeness (QED) is 0.0118. The Bertz CT molecular complexity index is 4560. The predicted octanol–water partition coefficient (Wildman–Crippen LogP) is 4.41. The second kappa shape index (κ2) is 29.9. The highest BCUT2D eigenvalue weighted by Crippen LogP contribution is 2.66. The van der Waals surface area contributed by atoms with Crippen molar-refractivity contribution in [2.45, 2.75) is 56.9 Å². The van der Waals surface area contributed by atoms with E-state index in [0.29, 0.717) is 74.6 Å². The summed E-state index contributed by atoms with van der Waals surface area (Å²) in [5.41, 5.74) is 2.20. The van der Waals surface area contributed by atoms with Gasteiger partial charge in [0.15, 0.2) is 5.78 Å². The molecule has 1 saturated heterocycles. The van der Waals surface area contributed by atoms with Crippen LogP contribution in [0, 0.1) is 11.8 Å². The van der Waals surface area contributed by atoms with Gasteiger partial charge in [0.1, 0.15) is 60.6 Å². The fourth-order valence-electron chi connectivity index (χ4n) is 10.1. The van der Waals surface area contributed by atoms with Crippen LogP contribution in [0.4, 0.5) is 5.69 Å². The highest BCUT2D eigenvalue weighted by Gasteiger charge is 2.43. The van der Waals surface area contributed by atoms with E-state index < -0.39 is 95.6 Å². The number of para-hydroxylation sites is 1. The number of H-pyrrole nitrogens is 1. The van der Waals surface area contributed by atoms with Crippen LogP contribution in [0.3, 0.4) is 0 Å². The van der Waals surface area contributed by atoms with E-state index in [1.54, 1.807) is 54.6 Å². The number of hydrogen-bond donors (Lipinski definition) is 10. The lowest BCUT2D eigenvalue weighted by molar-refractivity contribution is -0.126. The molecule has 4 aromatic carbocycles. The van der Waals surface area contributed by atoms with Crippen LogP contribution in [0.2, 0.25) is 0 Å². The molecule has 0 spiro atoms. The van der Waals surface area contributed by atoms with Gasteiger partial charge in [-0.1, -0.05) is 36.1 Å². The van der Waals surface area contributed by atoms with Crippen LogP contribution in [0.5, 0.6) is 17.2 Å². The summed E-state index contributed by atoms with van der Waals surface area (Å²) >= 11 is 0. The van der Waals surface area contributed by atoms with Crippen LogP contribution in [0.25, 0.3) is 33.4 Å². The summed E-state index contributed by atoms with van der Waals surface area (Å²) in [5, 5.41) is 23.1. The molecule has 31 nitrogen and oxygen atoms in total. The van der Waals surface area contributed by atoms with E-state index in [0.717, 1.165) is 21.8 Å². The van der Waals surface area contributed by atoms with Crippen LogP contribution in [-0.2, 0) is 50.8 Å². The maximum atomic E-state index is 13.4. The van der Waals surface area contributed by atoms with Crippen molar-refractivity contribution in [2.24, 2.45) is 0 Å². The molecule has 10 N–H and O–H groups in total.